The molecule has 0 bridgehead atoms. The van der Waals surface area contributed by atoms with Gasteiger partial charge in [-0.25, -0.2) is 18.3 Å². The van der Waals surface area contributed by atoms with Crippen molar-refractivity contribution in [3.8, 4) is 16.9 Å². The van der Waals surface area contributed by atoms with Gasteiger partial charge in [-0.2, -0.15) is 5.10 Å². The largest absolute Gasteiger partial charge is 0.323 e. The molecule has 0 aliphatic rings. The lowest BCUT2D eigenvalue weighted by molar-refractivity contribution is 0.620. The minimum Gasteiger partial charge on any atom is -0.306 e. The number of imidazole rings is 1. The van der Waals surface area contributed by atoms with Gasteiger partial charge in [0.1, 0.15) is 11.3 Å². The van der Waals surface area contributed by atoms with E-state index in [-0.39, 0.29) is 22.8 Å². The first-order valence-electron chi connectivity index (χ1n) is 10.2. The molecule has 8 nitrogen and oxygen atoms in total. The third-order valence-electron chi connectivity index (χ3n) is 5.61. The third-order valence-corrected chi connectivity index (χ3v) is 6.04. The molecule has 11 heteroatoms. The SMILES string of the molecule is O=c1[nH]c2ccc(-n3nnc4c(F)cc(-c5ccnn5Cc5cccc(F)c5Cl)cc43)cc2[nH]1. The average molecular weight is 478 g/mol. The van der Waals surface area contributed by atoms with E-state index in [0.717, 1.165) is 0 Å². The standard InChI is InChI=1S/C23H14ClF2N7O/c24-21-12(2-1-3-15(21)25)11-32-19(6-7-27-32)13-8-16(26)22-20(9-13)33(31-30-22)14-4-5-17-18(10-14)29-23(34)28-17/h1-10H,11H2,(H2,28,29,34). The summed E-state index contributed by atoms with van der Waals surface area (Å²) in [6.45, 7) is 0.202. The van der Waals surface area contributed by atoms with Gasteiger partial charge in [-0.15, -0.1) is 5.10 Å². The third kappa shape index (κ3) is 3.27. The highest BCUT2D eigenvalue weighted by Crippen LogP contribution is 2.29. The molecule has 2 N–H and O–H groups in total. The summed E-state index contributed by atoms with van der Waals surface area (Å²) in [5.41, 5.74) is 3.74. The number of hydrogen-bond donors (Lipinski definition) is 2. The molecule has 0 aliphatic heterocycles. The Hall–Kier alpha value is -4.31. The fourth-order valence-electron chi connectivity index (χ4n) is 4.01. The van der Waals surface area contributed by atoms with E-state index in [1.165, 1.54) is 16.8 Å². The van der Waals surface area contributed by atoms with E-state index in [2.05, 4.69) is 25.4 Å². The van der Waals surface area contributed by atoms with Crippen molar-refractivity contribution >= 4 is 33.7 Å². The topological polar surface area (TPSA) is 97.2 Å². The Balaban J connectivity index is 1.46. The number of aromatic nitrogens is 7. The number of rotatable bonds is 4. The van der Waals surface area contributed by atoms with Crippen LogP contribution in [-0.4, -0.2) is 34.7 Å². The molecular weight excluding hydrogens is 464 g/mol. The molecule has 168 valence electrons. The number of benzene rings is 3. The lowest BCUT2D eigenvalue weighted by atomic mass is 10.1. The Morgan fingerprint density at radius 3 is 2.71 bits per heavy atom. The van der Waals surface area contributed by atoms with E-state index in [1.807, 2.05) is 0 Å². The first kappa shape index (κ1) is 20.3. The van der Waals surface area contributed by atoms with E-state index in [4.69, 9.17) is 11.6 Å². The summed E-state index contributed by atoms with van der Waals surface area (Å²) in [6, 6.07) is 14.6. The molecule has 34 heavy (non-hydrogen) atoms. The monoisotopic (exact) mass is 477 g/mol. The molecule has 0 aliphatic carbocycles. The van der Waals surface area contributed by atoms with Crippen molar-refractivity contribution in [3.05, 3.63) is 93.5 Å². The Morgan fingerprint density at radius 2 is 1.82 bits per heavy atom. The van der Waals surface area contributed by atoms with E-state index < -0.39 is 11.6 Å². The predicted octanol–water partition coefficient (Wildman–Crippen LogP) is 4.43. The van der Waals surface area contributed by atoms with E-state index in [1.54, 1.807) is 53.3 Å². The number of fused-ring (bicyclic) bond motifs is 2. The molecule has 0 saturated carbocycles. The van der Waals surface area contributed by atoms with Crippen LogP contribution in [0.3, 0.4) is 0 Å². The van der Waals surface area contributed by atoms with Crippen LogP contribution in [-0.2, 0) is 6.54 Å². The van der Waals surface area contributed by atoms with Crippen molar-refractivity contribution in [2.24, 2.45) is 0 Å². The highest BCUT2D eigenvalue weighted by molar-refractivity contribution is 6.31. The summed E-state index contributed by atoms with van der Waals surface area (Å²) < 4.78 is 32.0. The first-order valence-corrected chi connectivity index (χ1v) is 10.6. The molecular formula is C23H14ClF2N7O. The molecule has 0 fully saturated rings. The smallest absolute Gasteiger partial charge is 0.306 e. The molecule has 3 aromatic heterocycles. The summed E-state index contributed by atoms with van der Waals surface area (Å²) in [5, 5.41) is 12.4. The van der Waals surface area contributed by atoms with Crippen LogP contribution in [0.15, 0.2) is 65.6 Å². The minimum atomic E-state index is -0.550. The molecule has 3 heterocycles. The summed E-state index contributed by atoms with van der Waals surface area (Å²) in [4.78, 5) is 17.0. The van der Waals surface area contributed by atoms with Crippen molar-refractivity contribution in [2.45, 2.75) is 6.54 Å². The van der Waals surface area contributed by atoms with Gasteiger partial charge in [0.25, 0.3) is 0 Å². The zero-order chi connectivity index (χ0) is 23.4. The molecule has 0 amide bonds. The maximum absolute atomic E-state index is 15.0. The first-order chi connectivity index (χ1) is 16.5. The Morgan fingerprint density at radius 1 is 0.971 bits per heavy atom. The molecule has 0 atom stereocenters. The second-order valence-electron chi connectivity index (χ2n) is 7.72. The Kier molecular flexibility index (Phi) is 4.56. The average Bonchev–Trinajstić information content (AvgIpc) is 3.53. The van der Waals surface area contributed by atoms with Crippen molar-refractivity contribution in [3.63, 3.8) is 0 Å². The predicted molar refractivity (Wildman–Crippen MR) is 123 cm³/mol. The normalized spacial score (nSPS) is 11.6. The van der Waals surface area contributed by atoms with Crippen molar-refractivity contribution in [1.82, 2.24) is 34.7 Å². The fourth-order valence-corrected chi connectivity index (χ4v) is 4.20. The van der Waals surface area contributed by atoms with Crippen LogP contribution in [0.5, 0.6) is 0 Å². The van der Waals surface area contributed by atoms with Gasteiger partial charge in [0.05, 0.1) is 39.5 Å². The van der Waals surface area contributed by atoms with Gasteiger partial charge in [-0.1, -0.05) is 28.9 Å². The summed E-state index contributed by atoms with van der Waals surface area (Å²) >= 11 is 6.11. The van der Waals surface area contributed by atoms with E-state index in [0.29, 0.717) is 39.1 Å². The number of nitrogens with zero attached hydrogens (tertiary/aromatic N) is 5. The second-order valence-corrected chi connectivity index (χ2v) is 8.10. The van der Waals surface area contributed by atoms with Crippen LogP contribution in [0.2, 0.25) is 5.02 Å². The molecule has 6 rings (SSSR count). The summed E-state index contributed by atoms with van der Waals surface area (Å²) in [7, 11) is 0. The van der Waals surface area contributed by atoms with Gasteiger partial charge < -0.3 is 9.97 Å². The molecule has 0 unspecified atom stereocenters. The summed E-state index contributed by atoms with van der Waals surface area (Å²) in [5.74, 6) is -1.07. The number of hydrogen-bond acceptors (Lipinski definition) is 4. The Labute approximate surface area is 194 Å². The van der Waals surface area contributed by atoms with Crippen LogP contribution in [0.4, 0.5) is 8.78 Å². The summed E-state index contributed by atoms with van der Waals surface area (Å²) in [6.07, 6.45) is 1.58. The van der Waals surface area contributed by atoms with Crippen LogP contribution < -0.4 is 5.69 Å². The number of aromatic amines is 2. The molecule has 0 spiro atoms. The quantitative estimate of drug-likeness (QED) is 0.392. The van der Waals surface area contributed by atoms with E-state index >= 15 is 4.39 Å². The lowest BCUT2D eigenvalue weighted by Crippen LogP contribution is -2.05. The zero-order valence-electron chi connectivity index (χ0n) is 17.3. The van der Waals surface area contributed by atoms with Crippen LogP contribution in [0.25, 0.3) is 39.0 Å². The number of nitrogens with one attached hydrogen (secondary N) is 2. The van der Waals surface area contributed by atoms with Crippen molar-refractivity contribution < 1.29 is 8.78 Å². The zero-order valence-corrected chi connectivity index (χ0v) is 18.0. The van der Waals surface area contributed by atoms with E-state index in [9.17, 15) is 9.18 Å². The second kappa shape index (κ2) is 7.63. The van der Waals surface area contributed by atoms with Gasteiger partial charge in [0.2, 0.25) is 0 Å². The maximum atomic E-state index is 15.0. The van der Waals surface area contributed by atoms with Gasteiger partial charge in [0, 0.05) is 11.8 Å². The van der Waals surface area contributed by atoms with Crippen molar-refractivity contribution in [1.29, 1.82) is 0 Å². The number of H-pyrrole nitrogens is 2. The molecule has 0 saturated heterocycles. The van der Waals surface area contributed by atoms with Gasteiger partial charge >= 0.3 is 5.69 Å². The van der Waals surface area contributed by atoms with Crippen LogP contribution in [0, 0.1) is 11.6 Å². The Bertz CT molecular complexity index is 1760. The lowest BCUT2D eigenvalue weighted by Gasteiger charge is -2.10. The van der Waals surface area contributed by atoms with Gasteiger partial charge in [-0.05, 0) is 48.0 Å². The van der Waals surface area contributed by atoms with Gasteiger partial charge in [-0.3, -0.25) is 4.68 Å². The molecule has 6 aromatic rings. The molecule has 0 radical (unpaired) electrons. The molecule has 3 aromatic carbocycles. The van der Waals surface area contributed by atoms with Crippen LogP contribution in [0.1, 0.15) is 5.56 Å². The highest BCUT2D eigenvalue weighted by Gasteiger charge is 2.17. The fraction of sp³-hybridized carbons (Fsp3) is 0.0435. The van der Waals surface area contributed by atoms with Crippen molar-refractivity contribution in [2.75, 3.05) is 0 Å². The highest BCUT2D eigenvalue weighted by atomic mass is 35.5. The van der Waals surface area contributed by atoms with Crippen LogP contribution >= 0.6 is 11.6 Å². The minimum absolute atomic E-state index is 0.0195. The number of halogens is 3. The maximum Gasteiger partial charge on any atom is 0.323 e. The van der Waals surface area contributed by atoms with Gasteiger partial charge in [0.15, 0.2) is 5.82 Å².